The fraction of sp³-hybridized carbons (Fsp3) is 0.516. The number of nitrogens with zero attached hydrogens (tertiary/aromatic N) is 3. The number of amides is 3. The molecular formula is C31H41FN6O5S. The topological polar surface area (TPSA) is 136 Å². The number of halogens is 1. The van der Waals surface area contributed by atoms with Crippen molar-refractivity contribution < 1.29 is 28.2 Å². The van der Waals surface area contributed by atoms with Gasteiger partial charge in [-0.15, -0.1) is 0 Å². The molecule has 3 N–H and O–H groups in total. The highest BCUT2D eigenvalue weighted by molar-refractivity contribution is 7.19. The summed E-state index contributed by atoms with van der Waals surface area (Å²) in [5, 5.41) is 13.3. The van der Waals surface area contributed by atoms with E-state index in [4.69, 9.17) is 9.47 Å². The van der Waals surface area contributed by atoms with Gasteiger partial charge in [0.2, 0.25) is 0 Å². The van der Waals surface area contributed by atoms with Crippen molar-refractivity contribution >= 4 is 40.1 Å². The SMILES string of the molecule is Cn1ncc(NC(=O)c2nc(-c3ccccc3F)sc2NC(=O)OC(C)(C)C)c1C1CCCC(NC(=O)OC(C)(C)C)CC1. The summed E-state index contributed by atoms with van der Waals surface area (Å²) in [7, 11) is 1.82. The number of anilines is 2. The van der Waals surface area contributed by atoms with Crippen LogP contribution in [0.5, 0.6) is 0 Å². The molecule has 44 heavy (non-hydrogen) atoms. The molecule has 1 saturated carbocycles. The number of rotatable bonds is 6. The average molecular weight is 629 g/mol. The molecule has 0 spiro atoms. The number of ether oxygens (including phenoxy) is 2. The number of carbonyl (C=O) groups excluding carboxylic acids is 3. The second-order valence-electron chi connectivity index (χ2n) is 12.9. The summed E-state index contributed by atoms with van der Waals surface area (Å²) in [6.45, 7) is 10.7. The van der Waals surface area contributed by atoms with E-state index in [0.717, 1.165) is 49.1 Å². The van der Waals surface area contributed by atoms with Crippen molar-refractivity contribution in [3.8, 4) is 10.6 Å². The number of carbonyl (C=O) groups is 3. The van der Waals surface area contributed by atoms with E-state index in [2.05, 4.69) is 26.0 Å². The van der Waals surface area contributed by atoms with E-state index in [-0.39, 0.29) is 33.2 Å². The van der Waals surface area contributed by atoms with Crippen LogP contribution in [0, 0.1) is 5.82 Å². The van der Waals surface area contributed by atoms with Crippen molar-refractivity contribution in [1.29, 1.82) is 0 Å². The van der Waals surface area contributed by atoms with Crippen molar-refractivity contribution in [3.63, 3.8) is 0 Å². The zero-order valence-electron chi connectivity index (χ0n) is 26.2. The van der Waals surface area contributed by atoms with Gasteiger partial charge in [0.05, 0.1) is 17.6 Å². The Labute approximate surface area is 260 Å². The molecule has 4 rings (SSSR count). The van der Waals surface area contributed by atoms with E-state index in [0.29, 0.717) is 5.69 Å². The van der Waals surface area contributed by atoms with Crippen LogP contribution >= 0.6 is 11.3 Å². The molecule has 3 amide bonds. The van der Waals surface area contributed by atoms with Crippen molar-refractivity contribution in [2.75, 3.05) is 10.6 Å². The molecule has 0 radical (unpaired) electrons. The number of aryl methyl sites for hydroxylation is 1. The lowest BCUT2D eigenvalue weighted by molar-refractivity contribution is 0.0498. The molecule has 3 aromatic rings. The monoisotopic (exact) mass is 628 g/mol. The highest BCUT2D eigenvalue weighted by atomic mass is 32.1. The first-order chi connectivity index (χ1) is 20.6. The quantitative estimate of drug-likeness (QED) is 0.245. The van der Waals surface area contributed by atoms with E-state index in [1.807, 2.05) is 27.8 Å². The number of hydrogen-bond donors (Lipinski definition) is 3. The molecule has 0 saturated heterocycles. The first-order valence-electron chi connectivity index (χ1n) is 14.7. The minimum Gasteiger partial charge on any atom is -0.444 e. The molecule has 1 aromatic carbocycles. The minimum atomic E-state index is -0.768. The first-order valence-corrected chi connectivity index (χ1v) is 15.5. The summed E-state index contributed by atoms with van der Waals surface area (Å²) in [6, 6.07) is 6.08. The standard InChI is InChI=1S/C31H41FN6O5S/c1-30(2,3)42-28(40)34-19-12-10-11-18(15-16-19)24-22(17-33-38(24)7)35-25(39)23-27(37-29(41)43-31(4,5)6)44-26(36-23)20-13-8-9-14-21(20)32/h8-9,13-14,17-19H,10-12,15-16H2,1-7H3,(H,34,40)(H,35,39)(H,37,41). The largest absolute Gasteiger partial charge is 0.444 e. The van der Waals surface area contributed by atoms with Crippen LogP contribution in [-0.2, 0) is 16.5 Å². The lowest BCUT2D eigenvalue weighted by Gasteiger charge is -2.23. The molecule has 13 heteroatoms. The van der Waals surface area contributed by atoms with Crippen molar-refractivity contribution in [1.82, 2.24) is 20.1 Å². The number of benzene rings is 1. The van der Waals surface area contributed by atoms with E-state index >= 15 is 0 Å². The molecule has 1 fully saturated rings. The van der Waals surface area contributed by atoms with Crippen molar-refractivity contribution in [2.24, 2.45) is 7.05 Å². The maximum Gasteiger partial charge on any atom is 0.412 e. The lowest BCUT2D eigenvalue weighted by atomic mass is 9.95. The Kier molecular flexibility index (Phi) is 9.97. The molecule has 2 heterocycles. The van der Waals surface area contributed by atoms with Gasteiger partial charge < -0.3 is 20.1 Å². The number of thiazole rings is 1. The first kappa shape index (κ1) is 32.9. The highest BCUT2D eigenvalue weighted by Crippen LogP contribution is 2.37. The maximum absolute atomic E-state index is 14.6. The summed E-state index contributed by atoms with van der Waals surface area (Å²) < 4.78 is 27.2. The van der Waals surface area contributed by atoms with Gasteiger partial charge in [-0.1, -0.05) is 29.9 Å². The molecule has 0 bridgehead atoms. The van der Waals surface area contributed by atoms with Crippen LogP contribution in [0.2, 0.25) is 0 Å². The Morgan fingerprint density at radius 1 is 0.955 bits per heavy atom. The number of alkyl carbamates (subject to hydrolysis) is 1. The molecular weight excluding hydrogens is 587 g/mol. The summed E-state index contributed by atoms with van der Waals surface area (Å²) in [4.78, 5) is 43.1. The third-order valence-electron chi connectivity index (χ3n) is 6.87. The predicted octanol–water partition coefficient (Wildman–Crippen LogP) is 7.22. The Morgan fingerprint density at radius 2 is 1.64 bits per heavy atom. The molecule has 238 valence electrons. The van der Waals surface area contributed by atoms with Crippen molar-refractivity contribution in [2.45, 2.75) is 96.8 Å². The molecule has 0 aliphatic heterocycles. The summed E-state index contributed by atoms with van der Waals surface area (Å²) in [5.41, 5.74) is 0.160. The molecule has 2 unspecified atom stereocenters. The summed E-state index contributed by atoms with van der Waals surface area (Å²) in [6.07, 6.45) is 4.42. The Morgan fingerprint density at radius 3 is 2.32 bits per heavy atom. The smallest absolute Gasteiger partial charge is 0.412 e. The normalized spacial score (nSPS) is 17.4. The van der Waals surface area contributed by atoms with Crippen LogP contribution < -0.4 is 16.0 Å². The predicted molar refractivity (Wildman–Crippen MR) is 168 cm³/mol. The molecule has 11 nitrogen and oxygen atoms in total. The van der Waals surface area contributed by atoms with E-state index < -0.39 is 35.1 Å². The summed E-state index contributed by atoms with van der Waals surface area (Å²) >= 11 is 0.979. The maximum atomic E-state index is 14.6. The Bertz CT molecular complexity index is 1510. The molecule has 1 aliphatic carbocycles. The third kappa shape index (κ3) is 8.77. The second-order valence-corrected chi connectivity index (χ2v) is 13.9. The van der Waals surface area contributed by atoms with E-state index in [9.17, 15) is 18.8 Å². The second kappa shape index (κ2) is 13.3. The van der Waals surface area contributed by atoms with Gasteiger partial charge in [0.15, 0.2) is 5.69 Å². The molecule has 2 aromatic heterocycles. The number of hydrogen-bond acceptors (Lipinski definition) is 8. The van der Waals surface area contributed by atoms with Crippen LogP contribution in [0.25, 0.3) is 10.6 Å². The van der Waals surface area contributed by atoms with E-state index in [1.54, 1.807) is 49.8 Å². The Balaban J connectivity index is 1.54. The number of aromatic nitrogens is 3. The molecule has 1 aliphatic rings. The molecule has 2 atom stereocenters. The van der Waals surface area contributed by atoms with Crippen LogP contribution in [0.4, 0.5) is 24.7 Å². The lowest BCUT2D eigenvalue weighted by Crippen LogP contribution is -2.38. The summed E-state index contributed by atoms with van der Waals surface area (Å²) in [5.74, 6) is -1.01. The van der Waals surface area contributed by atoms with Gasteiger partial charge in [-0.05, 0) is 79.4 Å². The highest BCUT2D eigenvalue weighted by Gasteiger charge is 2.29. The van der Waals surface area contributed by atoms with Gasteiger partial charge in [0.25, 0.3) is 5.91 Å². The zero-order valence-corrected chi connectivity index (χ0v) is 27.1. The van der Waals surface area contributed by atoms with Crippen LogP contribution in [0.15, 0.2) is 30.5 Å². The zero-order chi connectivity index (χ0) is 32.2. The fourth-order valence-corrected chi connectivity index (χ4v) is 6.08. The number of nitrogens with one attached hydrogen (secondary N) is 3. The van der Waals surface area contributed by atoms with Crippen LogP contribution in [-0.4, -0.2) is 50.1 Å². The third-order valence-corrected chi connectivity index (χ3v) is 7.87. The van der Waals surface area contributed by atoms with Gasteiger partial charge in [-0.25, -0.2) is 19.0 Å². The van der Waals surface area contributed by atoms with Crippen LogP contribution in [0.3, 0.4) is 0 Å². The fourth-order valence-electron chi connectivity index (χ4n) is 5.11. The van der Waals surface area contributed by atoms with Gasteiger partial charge in [-0.3, -0.25) is 14.8 Å². The average Bonchev–Trinajstić information content (AvgIpc) is 3.38. The van der Waals surface area contributed by atoms with Gasteiger partial charge in [-0.2, -0.15) is 5.10 Å². The Hall–Kier alpha value is -4.00. The van der Waals surface area contributed by atoms with Gasteiger partial charge >= 0.3 is 12.2 Å². The van der Waals surface area contributed by atoms with Crippen molar-refractivity contribution in [3.05, 3.63) is 47.7 Å². The van der Waals surface area contributed by atoms with Gasteiger partial charge in [0.1, 0.15) is 27.0 Å². The minimum absolute atomic E-state index is 0.0191. The van der Waals surface area contributed by atoms with Gasteiger partial charge in [0, 0.05) is 24.6 Å². The van der Waals surface area contributed by atoms with Crippen LogP contribution in [0.1, 0.15) is 95.7 Å². The van der Waals surface area contributed by atoms with E-state index in [1.165, 1.54) is 6.07 Å².